The van der Waals surface area contributed by atoms with E-state index in [9.17, 15) is 0 Å². The molecule has 2 heterocycles. The number of benzene rings is 1. The van der Waals surface area contributed by atoms with E-state index in [-0.39, 0.29) is 30.4 Å². The number of halogens is 2. The Morgan fingerprint density at radius 3 is 2.56 bits per heavy atom. The van der Waals surface area contributed by atoms with Crippen LogP contribution in [0.3, 0.4) is 0 Å². The molecular formula is C11H15Cl2NO2. The Kier molecular flexibility index (Phi) is 4.30. The molecule has 1 atom stereocenters. The lowest BCUT2D eigenvalue weighted by Gasteiger charge is -2.34. The quantitative estimate of drug-likeness (QED) is 0.777. The van der Waals surface area contributed by atoms with Gasteiger partial charge in [-0.15, -0.1) is 24.8 Å². The fourth-order valence-corrected chi connectivity index (χ4v) is 2.06. The van der Waals surface area contributed by atoms with Crippen molar-refractivity contribution in [3.05, 3.63) is 24.3 Å². The van der Waals surface area contributed by atoms with Crippen molar-refractivity contribution in [2.24, 2.45) is 0 Å². The van der Waals surface area contributed by atoms with Gasteiger partial charge < -0.3 is 14.8 Å². The molecule has 2 aliphatic heterocycles. The van der Waals surface area contributed by atoms with E-state index in [1.54, 1.807) is 0 Å². The van der Waals surface area contributed by atoms with Crippen molar-refractivity contribution in [2.45, 2.75) is 12.0 Å². The zero-order valence-corrected chi connectivity index (χ0v) is 10.4. The molecule has 0 bridgehead atoms. The number of para-hydroxylation sites is 2. The molecule has 0 aromatic heterocycles. The van der Waals surface area contributed by atoms with Crippen LogP contribution in [0.4, 0.5) is 0 Å². The lowest BCUT2D eigenvalue weighted by molar-refractivity contribution is 0.00749. The summed E-state index contributed by atoms with van der Waals surface area (Å²) in [5.41, 5.74) is -0.117. The first-order valence-corrected chi connectivity index (χ1v) is 5.00. The van der Waals surface area contributed by atoms with Gasteiger partial charge in [-0.1, -0.05) is 12.1 Å². The maximum absolute atomic E-state index is 5.99. The Labute approximate surface area is 107 Å². The molecule has 1 unspecified atom stereocenters. The SMILES string of the molecule is Cl.Cl.c1ccc2c(c1)OCC1(CCNC1)O2. The van der Waals surface area contributed by atoms with Crippen LogP contribution in [0.5, 0.6) is 11.5 Å². The van der Waals surface area contributed by atoms with Gasteiger partial charge in [-0.2, -0.15) is 0 Å². The van der Waals surface area contributed by atoms with Crippen molar-refractivity contribution in [3.8, 4) is 11.5 Å². The first-order chi connectivity index (χ1) is 6.88. The van der Waals surface area contributed by atoms with E-state index < -0.39 is 0 Å². The van der Waals surface area contributed by atoms with E-state index in [0.717, 1.165) is 31.0 Å². The van der Waals surface area contributed by atoms with Gasteiger partial charge in [-0.25, -0.2) is 0 Å². The van der Waals surface area contributed by atoms with Gasteiger partial charge in [0.25, 0.3) is 0 Å². The van der Waals surface area contributed by atoms with Crippen molar-refractivity contribution < 1.29 is 9.47 Å². The maximum atomic E-state index is 5.99. The van der Waals surface area contributed by atoms with Crippen LogP contribution >= 0.6 is 24.8 Å². The second-order valence-electron chi connectivity index (χ2n) is 3.95. The molecule has 1 saturated heterocycles. The minimum atomic E-state index is -0.117. The van der Waals surface area contributed by atoms with Crippen LogP contribution in [0.25, 0.3) is 0 Å². The molecule has 3 nitrogen and oxygen atoms in total. The van der Waals surface area contributed by atoms with Crippen LogP contribution in [-0.2, 0) is 0 Å². The van der Waals surface area contributed by atoms with E-state index in [0.29, 0.717) is 6.61 Å². The standard InChI is InChI=1S/C11H13NO2.2ClH/c1-2-4-10-9(3-1)13-8-11(14-10)5-6-12-7-11;;/h1-4,12H,5-8H2;2*1H. The summed E-state index contributed by atoms with van der Waals surface area (Å²) in [4.78, 5) is 0. The van der Waals surface area contributed by atoms with Crippen LogP contribution in [0, 0.1) is 0 Å². The molecule has 90 valence electrons. The molecule has 0 aliphatic carbocycles. The second kappa shape index (κ2) is 5.13. The Morgan fingerprint density at radius 1 is 1.12 bits per heavy atom. The summed E-state index contributed by atoms with van der Waals surface area (Å²) < 4.78 is 11.7. The van der Waals surface area contributed by atoms with Crippen LogP contribution in [-0.4, -0.2) is 25.3 Å². The highest BCUT2D eigenvalue weighted by Gasteiger charge is 2.40. The highest BCUT2D eigenvalue weighted by atomic mass is 35.5. The number of fused-ring (bicyclic) bond motifs is 1. The molecule has 1 aromatic rings. The molecular weight excluding hydrogens is 249 g/mol. The normalized spacial score (nSPS) is 25.8. The smallest absolute Gasteiger partial charge is 0.162 e. The van der Waals surface area contributed by atoms with Gasteiger partial charge in [0, 0.05) is 13.0 Å². The number of hydrogen-bond acceptors (Lipinski definition) is 3. The molecule has 3 rings (SSSR count). The molecule has 1 fully saturated rings. The highest BCUT2D eigenvalue weighted by Crippen LogP contribution is 2.36. The molecule has 0 amide bonds. The Balaban J connectivity index is 0.000000640. The first-order valence-electron chi connectivity index (χ1n) is 5.00. The van der Waals surface area contributed by atoms with E-state index in [4.69, 9.17) is 9.47 Å². The van der Waals surface area contributed by atoms with E-state index in [2.05, 4.69) is 5.32 Å². The summed E-state index contributed by atoms with van der Waals surface area (Å²) in [5.74, 6) is 1.74. The predicted octanol–water partition coefficient (Wildman–Crippen LogP) is 2.03. The Hall–Kier alpha value is -0.640. The number of hydrogen-bond donors (Lipinski definition) is 1. The molecule has 16 heavy (non-hydrogen) atoms. The Bertz CT molecular complexity index is 354. The van der Waals surface area contributed by atoms with Gasteiger partial charge in [0.2, 0.25) is 0 Å². The summed E-state index contributed by atoms with van der Waals surface area (Å²) in [7, 11) is 0. The fraction of sp³-hybridized carbons (Fsp3) is 0.455. The van der Waals surface area contributed by atoms with Crippen molar-refractivity contribution in [1.29, 1.82) is 0 Å². The molecule has 1 spiro atoms. The van der Waals surface area contributed by atoms with Gasteiger partial charge in [0.05, 0.1) is 0 Å². The van der Waals surface area contributed by atoms with Crippen LogP contribution in [0.1, 0.15) is 6.42 Å². The van der Waals surface area contributed by atoms with Gasteiger partial charge in [0.15, 0.2) is 17.1 Å². The van der Waals surface area contributed by atoms with Crippen molar-refractivity contribution >= 4 is 24.8 Å². The molecule has 5 heteroatoms. The van der Waals surface area contributed by atoms with Crippen molar-refractivity contribution in [1.82, 2.24) is 5.32 Å². The van der Waals surface area contributed by atoms with Crippen LogP contribution in [0.15, 0.2) is 24.3 Å². The number of ether oxygens (including phenoxy) is 2. The van der Waals surface area contributed by atoms with Crippen molar-refractivity contribution in [3.63, 3.8) is 0 Å². The number of nitrogens with one attached hydrogen (secondary N) is 1. The van der Waals surface area contributed by atoms with E-state index >= 15 is 0 Å². The minimum Gasteiger partial charge on any atom is -0.485 e. The average molecular weight is 264 g/mol. The molecule has 1 N–H and O–H groups in total. The van der Waals surface area contributed by atoms with E-state index in [1.165, 1.54) is 0 Å². The summed E-state index contributed by atoms with van der Waals surface area (Å²) in [6.07, 6.45) is 1.03. The lowest BCUT2D eigenvalue weighted by Crippen LogP contribution is -2.46. The third-order valence-corrected chi connectivity index (χ3v) is 2.87. The Morgan fingerprint density at radius 2 is 1.88 bits per heavy atom. The van der Waals surface area contributed by atoms with Crippen LogP contribution in [0.2, 0.25) is 0 Å². The van der Waals surface area contributed by atoms with Crippen molar-refractivity contribution in [2.75, 3.05) is 19.7 Å². The first kappa shape index (κ1) is 13.4. The van der Waals surface area contributed by atoms with Gasteiger partial charge in [-0.05, 0) is 18.7 Å². The van der Waals surface area contributed by atoms with Gasteiger partial charge >= 0.3 is 0 Å². The largest absolute Gasteiger partial charge is 0.485 e. The number of rotatable bonds is 0. The molecule has 0 radical (unpaired) electrons. The molecule has 0 saturated carbocycles. The summed E-state index contributed by atoms with van der Waals surface area (Å²) >= 11 is 0. The average Bonchev–Trinajstić information content (AvgIpc) is 2.66. The zero-order valence-electron chi connectivity index (χ0n) is 8.77. The van der Waals surface area contributed by atoms with E-state index in [1.807, 2.05) is 24.3 Å². The monoisotopic (exact) mass is 263 g/mol. The third kappa shape index (κ3) is 2.21. The zero-order chi connectivity index (χ0) is 9.43. The molecule has 1 aromatic carbocycles. The highest BCUT2D eigenvalue weighted by molar-refractivity contribution is 5.85. The second-order valence-corrected chi connectivity index (χ2v) is 3.95. The van der Waals surface area contributed by atoms with Gasteiger partial charge in [0.1, 0.15) is 6.61 Å². The minimum absolute atomic E-state index is 0. The summed E-state index contributed by atoms with van der Waals surface area (Å²) in [6, 6.07) is 7.86. The van der Waals surface area contributed by atoms with Crippen LogP contribution < -0.4 is 14.8 Å². The predicted molar refractivity (Wildman–Crippen MR) is 67.3 cm³/mol. The maximum Gasteiger partial charge on any atom is 0.162 e. The molecule has 2 aliphatic rings. The summed E-state index contributed by atoms with van der Waals surface area (Å²) in [6.45, 7) is 2.57. The summed E-state index contributed by atoms with van der Waals surface area (Å²) in [5, 5.41) is 3.31. The van der Waals surface area contributed by atoms with Gasteiger partial charge in [-0.3, -0.25) is 0 Å². The topological polar surface area (TPSA) is 30.5 Å². The third-order valence-electron chi connectivity index (χ3n) is 2.87. The lowest BCUT2D eigenvalue weighted by atomic mass is 10.0. The fourth-order valence-electron chi connectivity index (χ4n) is 2.06.